The van der Waals surface area contributed by atoms with Crippen LogP contribution in [0.1, 0.15) is 11.1 Å². The van der Waals surface area contributed by atoms with E-state index in [0.29, 0.717) is 0 Å². The van der Waals surface area contributed by atoms with E-state index in [1.165, 1.54) is 0 Å². The van der Waals surface area contributed by atoms with Crippen molar-refractivity contribution in [3.8, 4) is 11.8 Å². The number of rotatable bonds is 3. The summed E-state index contributed by atoms with van der Waals surface area (Å²) in [5.74, 6) is 4.74. The normalized spacial score (nSPS) is 10.2. The van der Waals surface area contributed by atoms with E-state index in [4.69, 9.17) is 21.7 Å². The summed E-state index contributed by atoms with van der Waals surface area (Å²) in [4.78, 5) is 0. The van der Waals surface area contributed by atoms with Crippen molar-refractivity contribution in [1.29, 1.82) is 0 Å². The Morgan fingerprint density at radius 1 is 0.525 bits per heavy atom. The molecule has 6 rings (SSSR count). The van der Waals surface area contributed by atoms with Crippen molar-refractivity contribution < 1.29 is 70.4 Å². The fourth-order valence-corrected chi connectivity index (χ4v) is 5.31. The monoisotopic (exact) mass is 944 g/mol. The predicted octanol–water partition coefficient (Wildman–Crippen LogP) is 10.00. The van der Waals surface area contributed by atoms with Crippen molar-refractivity contribution in [3.63, 3.8) is 0 Å². The molecule has 40 heavy (non-hydrogen) atoms. The molecule has 0 spiro atoms. The van der Waals surface area contributed by atoms with E-state index < -0.39 is 29.4 Å². The molecule has 0 fully saturated rings. The van der Waals surface area contributed by atoms with Crippen LogP contribution < -0.4 is 0 Å². The Labute approximate surface area is 262 Å². The molecule has 2 nitrogen and oxygen atoms in total. The summed E-state index contributed by atoms with van der Waals surface area (Å²) >= 11 is 0. The van der Waals surface area contributed by atoms with Crippen molar-refractivity contribution in [2.75, 3.05) is 12.3 Å². The molecule has 0 saturated carbocycles. The van der Waals surface area contributed by atoms with Gasteiger partial charge in [0, 0.05) is 21.5 Å². The first kappa shape index (κ1) is 33.9. The quantitative estimate of drug-likeness (QED) is 0.0581. The van der Waals surface area contributed by atoms with Gasteiger partial charge in [-0.05, 0) is 35.0 Å². The minimum Gasteiger partial charge on any atom is -0.458 e. The van der Waals surface area contributed by atoms with Crippen LogP contribution in [0.25, 0.3) is 43.9 Å². The van der Waals surface area contributed by atoms with Gasteiger partial charge < -0.3 is 21.7 Å². The number of benzene rings is 4. The maximum atomic E-state index is 11.2. The van der Waals surface area contributed by atoms with Crippen molar-refractivity contribution >= 4 is 61.0 Å². The Balaban J connectivity index is 0.000000216. The molecular weight excluding hydrogens is 924 g/mol. The third kappa shape index (κ3) is 8.58. The van der Waals surface area contributed by atoms with Gasteiger partial charge in [0.15, 0.2) is 12.3 Å². The molecule has 0 radical (unpaired) electrons. The van der Waals surface area contributed by atoms with E-state index in [9.17, 15) is 16.8 Å². The van der Waals surface area contributed by atoms with Crippen LogP contribution in [0.3, 0.4) is 0 Å². The molecule has 0 bridgehead atoms. The molecule has 2 heterocycles. The summed E-state index contributed by atoms with van der Waals surface area (Å²) in [7, 11) is -6.77. The van der Waals surface area contributed by atoms with E-state index in [2.05, 4.69) is 11.8 Å². The number of para-hydroxylation sites is 2. The Morgan fingerprint density at radius 3 is 1.50 bits per heavy atom. The summed E-state index contributed by atoms with van der Waals surface area (Å²) in [5, 5.41) is 4.33. The van der Waals surface area contributed by atoms with Crippen LogP contribution in [0.5, 0.6) is 0 Å². The first-order valence-electron chi connectivity index (χ1n) is 11.4. The second-order valence-electron chi connectivity index (χ2n) is 8.05. The number of fused-ring (bicyclic) bond motifs is 6. The molecule has 210 valence electrons. The van der Waals surface area contributed by atoms with Crippen LogP contribution in [0.15, 0.2) is 93.8 Å². The molecule has 0 atom stereocenters. The Morgan fingerprint density at radius 2 is 0.950 bits per heavy atom. The van der Waals surface area contributed by atoms with Crippen molar-refractivity contribution in [2.45, 2.75) is 0 Å². The minimum atomic E-state index is -3.38. The predicted molar refractivity (Wildman–Crippen MR) is 151 cm³/mol. The minimum absolute atomic E-state index is 0. The average molecular weight is 944 g/mol. The first-order chi connectivity index (χ1) is 18.4. The maximum Gasteiger partial charge on any atom is 1.00 e. The molecule has 0 aliphatic rings. The number of hydrogen-bond donors (Lipinski definition) is 0. The van der Waals surface area contributed by atoms with E-state index in [1.54, 1.807) is 0 Å². The zero-order valence-electron chi connectivity index (χ0n) is 20.4. The van der Waals surface area contributed by atoms with Gasteiger partial charge in [-0.1, -0.05) is 48.5 Å². The van der Waals surface area contributed by atoms with E-state index in [-0.39, 0.29) is 44.8 Å². The van der Waals surface area contributed by atoms with Gasteiger partial charge in [-0.3, -0.25) is 11.8 Å². The zero-order valence-corrected chi connectivity index (χ0v) is 26.8. The third-order valence-electron chi connectivity index (χ3n) is 5.55. The van der Waals surface area contributed by atoms with Gasteiger partial charge in [-0.15, -0.1) is 29.3 Å². The van der Waals surface area contributed by atoms with Crippen LogP contribution in [0, 0.1) is 24.7 Å². The molecule has 10 heteroatoms. The molecule has 0 amide bonds. The van der Waals surface area contributed by atoms with Crippen LogP contribution in [-0.2, 0) is 44.8 Å². The fraction of sp³-hybridized carbons (Fsp3) is 0.0667. The van der Waals surface area contributed by atoms with Crippen molar-refractivity contribution in [3.05, 3.63) is 109 Å². The molecule has 4 aromatic carbocycles. The first-order valence-corrected chi connectivity index (χ1v) is 14.3. The van der Waals surface area contributed by atoms with Gasteiger partial charge in [0.2, 0.25) is 0 Å². The van der Waals surface area contributed by atoms with Gasteiger partial charge in [-0.25, -0.2) is 0 Å². The van der Waals surface area contributed by atoms with Crippen molar-refractivity contribution in [1.82, 2.24) is 0 Å². The summed E-state index contributed by atoms with van der Waals surface area (Å²) in [6.45, 7) is 0. The summed E-state index contributed by atoms with van der Waals surface area (Å²) < 4.78 is 56.1. The maximum absolute atomic E-state index is 11.2. The van der Waals surface area contributed by atoms with Gasteiger partial charge in [0.05, 0.1) is 0 Å². The average Bonchev–Trinajstić information content (AvgIpc) is 3.49. The molecule has 6 aromatic rings. The van der Waals surface area contributed by atoms with Gasteiger partial charge in [0.25, 0.3) is 0 Å². The Bertz CT molecular complexity index is 1770. The fourth-order valence-electron chi connectivity index (χ4n) is 3.80. The standard InChI is InChI=1S/2C14H7O.C2H4F4P2.2Au/c1-2-10-7-8-14-12(9-10)11-5-3-4-6-13(11)15-14;1-2-10-7-8-12-11-5-3-4-6-13(11)15-14(12)9-10;3-7(4)1-2-8(5)6;;/h2*3-9H;1-2H2;;/q2*-1;;2*+1/p+2. The van der Waals surface area contributed by atoms with E-state index in [1.807, 2.05) is 84.9 Å². The number of hydrogen-bond acceptors (Lipinski definition) is 2. The second kappa shape index (κ2) is 16.2. The van der Waals surface area contributed by atoms with Gasteiger partial charge >= 0.3 is 61.8 Å². The molecule has 0 saturated heterocycles. The molecule has 2 aromatic heterocycles. The van der Waals surface area contributed by atoms with Gasteiger partial charge in [-0.2, -0.15) is 0 Å². The van der Waals surface area contributed by atoms with Crippen LogP contribution in [-0.4, -0.2) is 12.3 Å². The Hall–Kier alpha value is -2.34. The van der Waals surface area contributed by atoms with Crippen LogP contribution in [0.4, 0.5) is 16.8 Å². The SMILES string of the molecule is F[PH+](F)CC[PH+](F)F.[Au+].[Au+].[C-]#Cc1ccc2c(c1)oc1ccccc12.[C-]#Cc1ccc2oc3ccccc3c2c1. The molecule has 0 aliphatic carbocycles. The molecule has 0 N–H and O–H groups in total. The van der Waals surface area contributed by atoms with Gasteiger partial charge in [0.1, 0.15) is 22.3 Å². The third-order valence-corrected chi connectivity index (χ3v) is 7.30. The van der Waals surface area contributed by atoms with E-state index in [0.717, 1.165) is 55.0 Å². The molecule has 0 unspecified atom stereocenters. The summed E-state index contributed by atoms with van der Waals surface area (Å²) in [6, 6.07) is 27.2. The zero-order chi connectivity index (χ0) is 27.1. The topological polar surface area (TPSA) is 26.3 Å². The summed E-state index contributed by atoms with van der Waals surface area (Å²) in [6.07, 6.45) is 13.1. The van der Waals surface area contributed by atoms with Crippen LogP contribution in [0.2, 0.25) is 0 Å². The largest absolute Gasteiger partial charge is 1.00 e. The smallest absolute Gasteiger partial charge is 0.458 e. The molecule has 0 aliphatic heterocycles. The summed E-state index contributed by atoms with van der Waals surface area (Å²) in [5.41, 5.74) is 4.95. The number of halogens is 4. The molecular formula is C30H20Au2F4O2P2+2. The second-order valence-corrected chi connectivity index (χ2v) is 10.4. The Kier molecular flexibility index (Phi) is 13.7. The number of furan rings is 2. The van der Waals surface area contributed by atoms with E-state index >= 15 is 0 Å². The van der Waals surface area contributed by atoms with Crippen LogP contribution >= 0.6 is 17.1 Å². The van der Waals surface area contributed by atoms with Crippen molar-refractivity contribution in [2.24, 2.45) is 0 Å².